The molecule has 0 aromatic heterocycles. The molecular weight excluding hydrogens is 184 g/mol. The molecule has 0 aliphatic rings. The van der Waals surface area contributed by atoms with Crippen LogP contribution in [0.15, 0.2) is 24.3 Å². The number of para-hydroxylation sites is 1. The number of terminal acetylenes is 1. The molecule has 0 heterocycles. The SMILES string of the molecule is C#CC(CCC)Nc1ccccc1C#N. The first-order chi connectivity index (χ1) is 7.31. The number of nitrogens with zero attached hydrogens (tertiary/aromatic N) is 1. The molecule has 0 saturated carbocycles. The average Bonchev–Trinajstić information content (AvgIpc) is 2.29. The standard InChI is InChI=1S/C13H14N2/c1-3-7-12(4-2)15-13-9-6-5-8-11(13)10-14/h2,5-6,8-9,12,15H,3,7H2,1H3. The van der Waals surface area contributed by atoms with Crippen molar-refractivity contribution in [3.05, 3.63) is 29.8 Å². The third-order valence-corrected chi connectivity index (χ3v) is 2.16. The van der Waals surface area contributed by atoms with Crippen LogP contribution in [-0.4, -0.2) is 6.04 Å². The zero-order valence-electron chi connectivity index (χ0n) is 8.83. The molecule has 0 aliphatic carbocycles. The zero-order chi connectivity index (χ0) is 11.1. The third-order valence-electron chi connectivity index (χ3n) is 2.16. The second-order valence-corrected chi connectivity index (χ2v) is 3.31. The molecule has 0 spiro atoms. The number of anilines is 1. The van der Waals surface area contributed by atoms with Gasteiger partial charge in [0.25, 0.3) is 0 Å². The van der Waals surface area contributed by atoms with E-state index in [2.05, 4.69) is 24.2 Å². The molecule has 0 fully saturated rings. The van der Waals surface area contributed by atoms with Crippen molar-refractivity contribution in [3.63, 3.8) is 0 Å². The van der Waals surface area contributed by atoms with Crippen LogP contribution in [0.4, 0.5) is 5.69 Å². The van der Waals surface area contributed by atoms with E-state index in [1.807, 2.05) is 18.2 Å². The van der Waals surface area contributed by atoms with Crippen LogP contribution in [0, 0.1) is 23.7 Å². The monoisotopic (exact) mass is 198 g/mol. The van der Waals surface area contributed by atoms with Crippen LogP contribution in [0.3, 0.4) is 0 Å². The number of rotatable bonds is 4. The minimum Gasteiger partial charge on any atom is -0.370 e. The van der Waals surface area contributed by atoms with Crippen molar-refractivity contribution in [3.8, 4) is 18.4 Å². The number of hydrogen-bond acceptors (Lipinski definition) is 2. The van der Waals surface area contributed by atoms with Gasteiger partial charge in [-0.25, -0.2) is 0 Å². The molecule has 0 radical (unpaired) electrons. The van der Waals surface area contributed by atoms with E-state index in [0.29, 0.717) is 5.56 Å². The second-order valence-electron chi connectivity index (χ2n) is 3.31. The molecule has 1 aromatic carbocycles. The minimum atomic E-state index is 0.00417. The highest BCUT2D eigenvalue weighted by Gasteiger charge is 2.06. The molecule has 1 unspecified atom stereocenters. The van der Waals surface area contributed by atoms with Gasteiger partial charge in [-0.1, -0.05) is 31.4 Å². The molecule has 2 heteroatoms. The topological polar surface area (TPSA) is 35.8 Å². The lowest BCUT2D eigenvalue weighted by molar-refractivity contribution is 0.755. The predicted molar refractivity (Wildman–Crippen MR) is 62.3 cm³/mol. The van der Waals surface area contributed by atoms with Gasteiger partial charge in [-0.05, 0) is 18.6 Å². The summed E-state index contributed by atoms with van der Waals surface area (Å²) in [5.41, 5.74) is 1.45. The fourth-order valence-electron chi connectivity index (χ4n) is 1.38. The van der Waals surface area contributed by atoms with Crippen molar-refractivity contribution < 1.29 is 0 Å². The maximum Gasteiger partial charge on any atom is 0.101 e. The van der Waals surface area contributed by atoms with Gasteiger partial charge in [0, 0.05) is 0 Å². The van der Waals surface area contributed by atoms with Gasteiger partial charge in [-0.15, -0.1) is 6.42 Å². The Hall–Kier alpha value is -1.93. The Morgan fingerprint density at radius 1 is 1.47 bits per heavy atom. The summed E-state index contributed by atoms with van der Waals surface area (Å²) in [6, 6.07) is 9.53. The lowest BCUT2D eigenvalue weighted by Crippen LogP contribution is -2.17. The molecule has 1 aromatic rings. The molecule has 76 valence electrons. The van der Waals surface area contributed by atoms with Gasteiger partial charge in [0.05, 0.1) is 17.3 Å². The molecule has 0 amide bonds. The summed E-state index contributed by atoms with van der Waals surface area (Å²) in [4.78, 5) is 0. The molecule has 0 aliphatic heterocycles. The Morgan fingerprint density at radius 3 is 2.80 bits per heavy atom. The highest BCUT2D eigenvalue weighted by atomic mass is 14.9. The molecule has 0 bridgehead atoms. The van der Waals surface area contributed by atoms with E-state index in [4.69, 9.17) is 11.7 Å². The van der Waals surface area contributed by atoms with E-state index in [9.17, 15) is 0 Å². The number of nitriles is 1. The normalized spacial score (nSPS) is 11.1. The summed E-state index contributed by atoms with van der Waals surface area (Å²) >= 11 is 0. The van der Waals surface area contributed by atoms with Crippen LogP contribution in [0.2, 0.25) is 0 Å². The number of hydrogen-bond donors (Lipinski definition) is 1. The first-order valence-corrected chi connectivity index (χ1v) is 5.03. The fourth-order valence-corrected chi connectivity index (χ4v) is 1.38. The Balaban J connectivity index is 2.80. The molecule has 0 saturated heterocycles. The van der Waals surface area contributed by atoms with E-state index in [1.54, 1.807) is 6.07 Å². The Bertz CT molecular complexity index is 396. The van der Waals surface area contributed by atoms with Crippen LogP contribution in [0.1, 0.15) is 25.3 Å². The van der Waals surface area contributed by atoms with Gasteiger partial charge in [-0.2, -0.15) is 5.26 Å². The molecule has 15 heavy (non-hydrogen) atoms. The van der Waals surface area contributed by atoms with Crippen molar-refractivity contribution in [1.82, 2.24) is 0 Å². The summed E-state index contributed by atoms with van der Waals surface area (Å²) in [7, 11) is 0. The Labute approximate surface area is 90.9 Å². The van der Waals surface area contributed by atoms with Gasteiger partial charge >= 0.3 is 0 Å². The van der Waals surface area contributed by atoms with Crippen LogP contribution in [-0.2, 0) is 0 Å². The zero-order valence-corrected chi connectivity index (χ0v) is 8.83. The molecule has 1 atom stereocenters. The van der Waals surface area contributed by atoms with Crippen LogP contribution >= 0.6 is 0 Å². The summed E-state index contributed by atoms with van der Waals surface area (Å²) < 4.78 is 0. The average molecular weight is 198 g/mol. The summed E-state index contributed by atoms with van der Waals surface area (Å²) in [6.07, 6.45) is 7.34. The molecular formula is C13H14N2. The number of nitrogens with one attached hydrogen (secondary N) is 1. The van der Waals surface area contributed by atoms with E-state index in [-0.39, 0.29) is 6.04 Å². The summed E-state index contributed by atoms with van der Waals surface area (Å²) in [5.74, 6) is 2.68. The Morgan fingerprint density at radius 2 is 2.20 bits per heavy atom. The van der Waals surface area contributed by atoms with Crippen molar-refractivity contribution >= 4 is 5.69 Å². The van der Waals surface area contributed by atoms with Crippen LogP contribution in [0.5, 0.6) is 0 Å². The first kappa shape index (κ1) is 11.1. The van der Waals surface area contributed by atoms with E-state index < -0.39 is 0 Å². The maximum absolute atomic E-state index is 8.89. The van der Waals surface area contributed by atoms with Gasteiger partial charge in [-0.3, -0.25) is 0 Å². The van der Waals surface area contributed by atoms with Gasteiger partial charge in [0.2, 0.25) is 0 Å². The maximum atomic E-state index is 8.89. The smallest absolute Gasteiger partial charge is 0.101 e. The Kier molecular flexibility index (Phi) is 4.26. The quantitative estimate of drug-likeness (QED) is 0.755. The fraction of sp³-hybridized carbons (Fsp3) is 0.308. The molecule has 1 N–H and O–H groups in total. The summed E-state index contributed by atoms with van der Waals surface area (Å²) in [6.45, 7) is 2.09. The van der Waals surface area contributed by atoms with Gasteiger partial charge < -0.3 is 5.32 Å². The first-order valence-electron chi connectivity index (χ1n) is 5.03. The molecule has 1 rings (SSSR count). The van der Waals surface area contributed by atoms with Crippen molar-refractivity contribution in [2.24, 2.45) is 0 Å². The van der Waals surface area contributed by atoms with Crippen LogP contribution in [0.25, 0.3) is 0 Å². The second kappa shape index (κ2) is 5.73. The van der Waals surface area contributed by atoms with E-state index >= 15 is 0 Å². The van der Waals surface area contributed by atoms with Crippen LogP contribution < -0.4 is 5.32 Å². The van der Waals surface area contributed by atoms with E-state index in [1.165, 1.54) is 0 Å². The highest BCUT2D eigenvalue weighted by Crippen LogP contribution is 2.15. The van der Waals surface area contributed by atoms with E-state index in [0.717, 1.165) is 18.5 Å². The van der Waals surface area contributed by atoms with Gasteiger partial charge in [0.1, 0.15) is 6.07 Å². The van der Waals surface area contributed by atoms with Crippen molar-refractivity contribution in [2.75, 3.05) is 5.32 Å². The lowest BCUT2D eigenvalue weighted by atomic mass is 10.1. The van der Waals surface area contributed by atoms with Crippen molar-refractivity contribution in [1.29, 1.82) is 5.26 Å². The third kappa shape index (κ3) is 3.04. The highest BCUT2D eigenvalue weighted by molar-refractivity contribution is 5.58. The van der Waals surface area contributed by atoms with Gasteiger partial charge in [0.15, 0.2) is 0 Å². The summed E-state index contributed by atoms with van der Waals surface area (Å²) in [5, 5.41) is 12.1. The minimum absolute atomic E-state index is 0.00417. The predicted octanol–water partition coefficient (Wildman–Crippen LogP) is 2.77. The van der Waals surface area contributed by atoms with Crippen molar-refractivity contribution in [2.45, 2.75) is 25.8 Å². The lowest BCUT2D eigenvalue weighted by Gasteiger charge is -2.14. The number of benzene rings is 1. The molecule has 2 nitrogen and oxygen atoms in total. The largest absolute Gasteiger partial charge is 0.370 e.